The zero-order chi connectivity index (χ0) is 32.6. The molecule has 45 heavy (non-hydrogen) atoms. The van der Waals surface area contributed by atoms with Gasteiger partial charge in [0.15, 0.2) is 11.3 Å². The summed E-state index contributed by atoms with van der Waals surface area (Å²) in [5.41, 5.74) is 8.29. The second-order valence-electron chi connectivity index (χ2n) is 10.4. The normalized spacial score (nSPS) is 31.1. The van der Waals surface area contributed by atoms with Crippen LogP contribution < -0.4 is 11.5 Å². The molecule has 5 heterocycles. The monoisotopic (exact) mass is 703 g/mol. The van der Waals surface area contributed by atoms with Gasteiger partial charge in [-0.15, -0.1) is 4.62 Å². The number of phosphoric ester groups is 1. The lowest BCUT2D eigenvalue weighted by Gasteiger charge is -2.45. The first-order valence-corrected chi connectivity index (χ1v) is 18.7. The molecular formula is C24H26N5O12PS3. The van der Waals surface area contributed by atoms with E-state index in [9.17, 15) is 32.6 Å². The smallest absolute Gasteiger partial charge is 0.389 e. The van der Waals surface area contributed by atoms with E-state index in [1.807, 2.05) is 12.5 Å². The standard InChI is InChI=1S/C24H26N5O12PS3/c1-43-11-8-22(25)20(31)37-29-24(22,23(26,9-12-44-2)21(32)38-29)15-3-5-16(6-4-15)45(35,36)27-10-7-14(13-27)17-18-19(30)28(33)41-42(34,39-17)40-18/h3-7,10,13,33H,8-9,11-12,25-26H2,1-2H3. The molecule has 3 atom stereocenters. The van der Waals surface area contributed by atoms with Crippen molar-refractivity contribution in [2.75, 3.05) is 24.0 Å². The number of amides is 1. The third-order valence-electron chi connectivity index (χ3n) is 7.96. The molecule has 3 fully saturated rings. The highest BCUT2D eigenvalue weighted by atomic mass is 32.2. The van der Waals surface area contributed by atoms with Crippen molar-refractivity contribution < 1.29 is 55.9 Å². The van der Waals surface area contributed by atoms with Gasteiger partial charge < -0.3 is 30.2 Å². The van der Waals surface area contributed by atoms with Crippen LogP contribution in [0.4, 0.5) is 0 Å². The number of thioether (sulfide) groups is 2. The summed E-state index contributed by atoms with van der Waals surface area (Å²) in [6.07, 6.45) is 5.98. The molecule has 242 valence electrons. The topological polar surface area (TPSA) is 232 Å². The van der Waals surface area contributed by atoms with Gasteiger partial charge in [0.25, 0.3) is 10.0 Å². The van der Waals surface area contributed by atoms with Gasteiger partial charge in [-0.1, -0.05) is 17.4 Å². The molecule has 5 N–H and O–H groups in total. The zero-order valence-corrected chi connectivity index (χ0v) is 26.8. The summed E-state index contributed by atoms with van der Waals surface area (Å²) in [5.74, 6) is -3.12. The fourth-order valence-electron chi connectivity index (χ4n) is 5.75. The van der Waals surface area contributed by atoms with Gasteiger partial charge >= 0.3 is 25.7 Å². The molecule has 3 unspecified atom stereocenters. The van der Waals surface area contributed by atoms with Crippen molar-refractivity contribution in [3.8, 4) is 0 Å². The summed E-state index contributed by atoms with van der Waals surface area (Å²) in [4.78, 5) is 49.3. The van der Waals surface area contributed by atoms with Gasteiger partial charge in [-0.3, -0.25) is 10.0 Å². The highest BCUT2D eigenvalue weighted by Gasteiger charge is 2.81. The fraction of sp³-hybridized carbons (Fsp3) is 0.375. The third-order valence-corrected chi connectivity index (χ3v) is 12.0. The van der Waals surface area contributed by atoms with Gasteiger partial charge in [0.2, 0.25) is 5.76 Å². The number of benzene rings is 1. The molecule has 0 spiro atoms. The second kappa shape index (κ2) is 10.7. The van der Waals surface area contributed by atoms with Crippen LogP contribution in [0.3, 0.4) is 0 Å². The van der Waals surface area contributed by atoms with Gasteiger partial charge in [0.05, 0.1) is 10.1 Å². The molecule has 3 saturated heterocycles. The Morgan fingerprint density at radius 3 is 2.02 bits per heavy atom. The van der Waals surface area contributed by atoms with Crippen LogP contribution in [-0.4, -0.2) is 81.0 Å². The fourth-order valence-corrected chi connectivity index (χ4v) is 9.16. The molecule has 4 aliphatic rings. The van der Waals surface area contributed by atoms with Crippen molar-refractivity contribution in [3.05, 3.63) is 59.6 Å². The van der Waals surface area contributed by atoms with Crippen LogP contribution in [0.2, 0.25) is 0 Å². The van der Waals surface area contributed by atoms with Crippen LogP contribution in [0.5, 0.6) is 0 Å². The lowest BCUT2D eigenvalue weighted by molar-refractivity contribution is -0.325. The average Bonchev–Trinajstić information content (AvgIpc) is 3.71. The zero-order valence-electron chi connectivity index (χ0n) is 23.5. The Balaban J connectivity index is 1.40. The number of phosphoric acid groups is 1. The Morgan fingerprint density at radius 2 is 1.47 bits per heavy atom. The van der Waals surface area contributed by atoms with E-state index in [1.165, 1.54) is 53.9 Å². The number of hydrogen-bond donors (Lipinski definition) is 3. The molecule has 4 aliphatic heterocycles. The number of carbonyl (C=O) groups is 3. The lowest BCUT2D eigenvalue weighted by atomic mass is 9.61. The number of hydrogen-bond acceptors (Lipinski definition) is 17. The van der Waals surface area contributed by atoms with Crippen LogP contribution in [0.25, 0.3) is 5.76 Å². The number of fused-ring (bicyclic) bond motifs is 3. The molecule has 0 aliphatic carbocycles. The van der Waals surface area contributed by atoms with E-state index in [1.54, 1.807) is 0 Å². The highest BCUT2D eigenvalue weighted by Crippen LogP contribution is 2.64. The summed E-state index contributed by atoms with van der Waals surface area (Å²) in [6, 6.07) is 6.51. The molecule has 0 saturated carbocycles. The minimum atomic E-state index is -4.37. The molecular weight excluding hydrogens is 677 g/mol. The molecule has 2 aromatic rings. The van der Waals surface area contributed by atoms with Gasteiger partial charge in [-0.2, -0.15) is 23.5 Å². The van der Waals surface area contributed by atoms with E-state index in [0.717, 1.165) is 21.6 Å². The van der Waals surface area contributed by atoms with E-state index >= 15 is 0 Å². The molecule has 1 aromatic heterocycles. The molecule has 21 heteroatoms. The second-order valence-corrected chi connectivity index (χ2v) is 15.6. The summed E-state index contributed by atoms with van der Waals surface area (Å²) >= 11 is 2.84. The minimum Gasteiger partial charge on any atom is -0.389 e. The molecule has 0 radical (unpaired) electrons. The molecule has 6 rings (SSSR count). The quantitative estimate of drug-likeness (QED) is 0.232. The number of rotatable bonds is 10. The van der Waals surface area contributed by atoms with Crippen molar-refractivity contribution in [2.24, 2.45) is 11.5 Å². The van der Waals surface area contributed by atoms with Crippen molar-refractivity contribution in [2.45, 2.75) is 34.4 Å². The van der Waals surface area contributed by atoms with Crippen LogP contribution in [0.15, 0.2) is 53.4 Å². The minimum absolute atomic E-state index is 0.0173. The number of carbonyl (C=O) groups excluding carboxylic acids is 3. The molecule has 2 bridgehead atoms. The molecule has 1 amide bonds. The Labute approximate surface area is 264 Å². The van der Waals surface area contributed by atoms with Gasteiger partial charge in [-0.05, 0) is 60.6 Å². The van der Waals surface area contributed by atoms with Crippen molar-refractivity contribution in [1.29, 1.82) is 0 Å². The van der Waals surface area contributed by atoms with Gasteiger partial charge in [0.1, 0.15) is 11.1 Å². The Bertz CT molecular complexity index is 1760. The van der Waals surface area contributed by atoms with Crippen LogP contribution >= 0.6 is 31.3 Å². The van der Waals surface area contributed by atoms with E-state index in [2.05, 4.69) is 4.62 Å². The van der Waals surface area contributed by atoms with Crippen molar-refractivity contribution >= 4 is 65.0 Å². The maximum absolute atomic E-state index is 13.6. The Morgan fingerprint density at radius 1 is 0.911 bits per heavy atom. The SMILES string of the molecule is CSCCC1(N)C(=O)ON2OC(=O)C(N)(CCSC)C21c1ccc(S(=O)(=O)n2ccc(C3=C4OP(=O)(O3)ON(O)C4=O)c2)cc1. The van der Waals surface area contributed by atoms with Crippen molar-refractivity contribution in [3.63, 3.8) is 0 Å². The number of hydroxylamine groups is 4. The lowest BCUT2D eigenvalue weighted by Crippen LogP contribution is -2.74. The van der Waals surface area contributed by atoms with E-state index < -0.39 is 63.8 Å². The first kappa shape index (κ1) is 31.9. The van der Waals surface area contributed by atoms with E-state index in [4.69, 9.17) is 30.2 Å². The van der Waals surface area contributed by atoms with Crippen LogP contribution in [0, 0.1) is 0 Å². The largest absolute Gasteiger partial charge is 0.612 e. The molecule has 1 aromatic carbocycles. The van der Waals surface area contributed by atoms with E-state index in [0.29, 0.717) is 11.5 Å². The summed E-state index contributed by atoms with van der Waals surface area (Å²) in [7, 11) is -8.68. The van der Waals surface area contributed by atoms with Gasteiger partial charge in [-0.25, -0.2) is 26.5 Å². The average molecular weight is 704 g/mol. The number of nitrogens with zero attached hydrogens (tertiary/aromatic N) is 3. The van der Waals surface area contributed by atoms with E-state index in [-0.39, 0.29) is 34.1 Å². The predicted octanol–water partition coefficient (Wildman–Crippen LogP) is 1.05. The van der Waals surface area contributed by atoms with Crippen LogP contribution in [0.1, 0.15) is 24.0 Å². The maximum Gasteiger partial charge on any atom is 0.612 e. The summed E-state index contributed by atoms with van der Waals surface area (Å²) in [5, 5.41) is 9.99. The Kier molecular flexibility index (Phi) is 7.62. The number of nitrogens with two attached hydrogens (primary N) is 2. The van der Waals surface area contributed by atoms with Crippen molar-refractivity contribution in [1.82, 2.24) is 14.4 Å². The molecule has 17 nitrogen and oxygen atoms in total. The first-order valence-electron chi connectivity index (χ1n) is 13.0. The Hall–Kier alpha value is -3.07. The first-order chi connectivity index (χ1) is 21.2. The number of aromatic nitrogens is 1. The van der Waals surface area contributed by atoms with Crippen LogP contribution in [-0.2, 0) is 57.9 Å². The maximum atomic E-state index is 13.6. The highest BCUT2D eigenvalue weighted by molar-refractivity contribution is 7.98. The summed E-state index contributed by atoms with van der Waals surface area (Å²) < 4.78 is 54.9. The predicted molar refractivity (Wildman–Crippen MR) is 155 cm³/mol. The summed E-state index contributed by atoms with van der Waals surface area (Å²) in [6.45, 7) is 0. The van der Waals surface area contributed by atoms with Gasteiger partial charge in [0, 0.05) is 18.0 Å². The third kappa shape index (κ3) is 4.39.